The molecular weight excluding hydrogens is 354 g/mol. The number of amides is 1. The summed E-state index contributed by atoms with van der Waals surface area (Å²) in [6, 6.07) is 7.93. The topological polar surface area (TPSA) is 58.4 Å². The number of nitrogens with zero attached hydrogens (tertiary/aromatic N) is 1. The summed E-state index contributed by atoms with van der Waals surface area (Å²) in [5.74, 6) is 0.612. The Morgan fingerprint density at radius 2 is 2.13 bits per heavy atom. The monoisotopic (exact) mass is 381 g/mol. The van der Waals surface area contributed by atoms with Crippen LogP contribution in [0.15, 0.2) is 28.7 Å². The van der Waals surface area contributed by atoms with Gasteiger partial charge < -0.3 is 11.1 Å². The van der Waals surface area contributed by atoms with E-state index in [-0.39, 0.29) is 5.91 Å². The van der Waals surface area contributed by atoms with Crippen LogP contribution >= 0.6 is 15.9 Å². The average Bonchev–Trinajstić information content (AvgIpc) is 2.52. The molecule has 23 heavy (non-hydrogen) atoms. The molecule has 5 heteroatoms. The van der Waals surface area contributed by atoms with Crippen molar-refractivity contribution in [3.05, 3.63) is 34.3 Å². The number of hydrogen-bond acceptors (Lipinski definition) is 3. The number of carbonyl (C=O) groups excluding carboxylic acids is 1. The van der Waals surface area contributed by atoms with Gasteiger partial charge in [0.05, 0.1) is 0 Å². The number of likely N-dealkylation sites (tertiary alicyclic amines) is 1. The van der Waals surface area contributed by atoms with Gasteiger partial charge in [-0.2, -0.15) is 0 Å². The summed E-state index contributed by atoms with van der Waals surface area (Å²) in [7, 11) is 0. The van der Waals surface area contributed by atoms with Crippen LogP contribution in [0.4, 0.5) is 0 Å². The molecule has 1 fully saturated rings. The molecule has 0 aromatic heterocycles. The second-order valence-electron chi connectivity index (χ2n) is 7.01. The maximum atomic E-state index is 12.5. The maximum absolute atomic E-state index is 12.5. The van der Waals surface area contributed by atoms with Crippen LogP contribution in [0, 0.1) is 5.92 Å². The zero-order chi connectivity index (χ0) is 17.0. The third-order valence-corrected chi connectivity index (χ3v) is 5.31. The molecule has 1 aromatic rings. The molecule has 1 aliphatic heterocycles. The van der Waals surface area contributed by atoms with Crippen LogP contribution < -0.4 is 11.1 Å². The first kappa shape index (κ1) is 18.4. The normalized spacial score (nSPS) is 23.1. The fourth-order valence-corrected chi connectivity index (χ4v) is 3.37. The average molecular weight is 382 g/mol. The summed E-state index contributed by atoms with van der Waals surface area (Å²) in [5.41, 5.74) is 6.08. The summed E-state index contributed by atoms with van der Waals surface area (Å²) < 4.78 is 0.977. The van der Waals surface area contributed by atoms with E-state index >= 15 is 0 Å². The Morgan fingerprint density at radius 3 is 2.74 bits per heavy atom. The van der Waals surface area contributed by atoms with E-state index in [0.29, 0.717) is 12.6 Å². The smallest absolute Gasteiger partial charge is 0.244 e. The van der Waals surface area contributed by atoms with E-state index in [1.807, 2.05) is 24.3 Å². The second-order valence-corrected chi connectivity index (χ2v) is 7.93. The highest BCUT2D eigenvalue weighted by Crippen LogP contribution is 2.21. The minimum atomic E-state index is -1.02. The molecule has 1 aromatic carbocycles. The largest absolute Gasteiger partial charge is 0.353 e. The van der Waals surface area contributed by atoms with Crippen molar-refractivity contribution in [3.8, 4) is 0 Å². The summed E-state index contributed by atoms with van der Waals surface area (Å²) >= 11 is 3.40. The SMILES string of the molecule is CC1CCCN(C(C)CNC(=O)C(C)(N)c2ccc(Br)cc2)C1. The molecule has 0 spiro atoms. The number of benzene rings is 1. The van der Waals surface area contributed by atoms with Crippen LogP contribution in [-0.2, 0) is 10.3 Å². The summed E-state index contributed by atoms with van der Waals surface area (Å²) in [6.45, 7) is 9.10. The third-order valence-electron chi connectivity index (χ3n) is 4.79. The van der Waals surface area contributed by atoms with Gasteiger partial charge in [-0.05, 0) is 56.8 Å². The minimum Gasteiger partial charge on any atom is -0.353 e. The van der Waals surface area contributed by atoms with Gasteiger partial charge in [0.1, 0.15) is 5.54 Å². The van der Waals surface area contributed by atoms with Gasteiger partial charge >= 0.3 is 0 Å². The van der Waals surface area contributed by atoms with Crippen molar-refractivity contribution in [1.82, 2.24) is 10.2 Å². The van der Waals surface area contributed by atoms with E-state index in [4.69, 9.17) is 5.73 Å². The van der Waals surface area contributed by atoms with E-state index in [1.165, 1.54) is 12.8 Å². The van der Waals surface area contributed by atoms with Gasteiger partial charge in [0.25, 0.3) is 0 Å². The zero-order valence-electron chi connectivity index (χ0n) is 14.3. The Labute approximate surface area is 147 Å². The van der Waals surface area contributed by atoms with Crippen molar-refractivity contribution in [2.75, 3.05) is 19.6 Å². The van der Waals surface area contributed by atoms with Crippen LogP contribution in [0.3, 0.4) is 0 Å². The first-order valence-corrected chi connectivity index (χ1v) is 9.17. The Balaban J connectivity index is 1.91. The molecule has 4 nitrogen and oxygen atoms in total. The van der Waals surface area contributed by atoms with Crippen molar-refractivity contribution in [3.63, 3.8) is 0 Å². The number of rotatable bonds is 5. The van der Waals surface area contributed by atoms with Gasteiger partial charge in [-0.1, -0.05) is 35.0 Å². The Hall–Kier alpha value is -0.910. The number of nitrogens with two attached hydrogens (primary N) is 1. The van der Waals surface area contributed by atoms with E-state index in [1.54, 1.807) is 6.92 Å². The summed E-state index contributed by atoms with van der Waals surface area (Å²) in [4.78, 5) is 15.0. The van der Waals surface area contributed by atoms with E-state index in [0.717, 1.165) is 29.0 Å². The Kier molecular flexibility index (Phi) is 6.23. The predicted molar refractivity (Wildman–Crippen MR) is 98.1 cm³/mol. The molecule has 1 amide bonds. The molecule has 1 saturated heterocycles. The lowest BCUT2D eigenvalue weighted by molar-refractivity contribution is -0.126. The molecule has 0 saturated carbocycles. The summed E-state index contributed by atoms with van der Waals surface area (Å²) in [5, 5.41) is 3.03. The molecule has 0 bridgehead atoms. The highest BCUT2D eigenvalue weighted by atomic mass is 79.9. The second kappa shape index (κ2) is 7.77. The quantitative estimate of drug-likeness (QED) is 0.824. The molecule has 0 aliphatic carbocycles. The Bertz CT molecular complexity index is 530. The lowest BCUT2D eigenvalue weighted by atomic mass is 9.92. The molecule has 1 aliphatic rings. The van der Waals surface area contributed by atoms with Crippen LogP contribution in [-0.4, -0.2) is 36.5 Å². The molecule has 1 heterocycles. The highest BCUT2D eigenvalue weighted by molar-refractivity contribution is 9.10. The van der Waals surface area contributed by atoms with Crippen molar-refractivity contribution in [2.24, 2.45) is 11.7 Å². The number of nitrogens with one attached hydrogen (secondary N) is 1. The molecule has 3 atom stereocenters. The first-order valence-electron chi connectivity index (χ1n) is 8.38. The van der Waals surface area contributed by atoms with Gasteiger partial charge in [0.15, 0.2) is 0 Å². The van der Waals surface area contributed by atoms with Crippen molar-refractivity contribution in [2.45, 2.75) is 45.2 Å². The number of piperidine rings is 1. The van der Waals surface area contributed by atoms with E-state index in [2.05, 4.69) is 40.0 Å². The van der Waals surface area contributed by atoms with Crippen molar-refractivity contribution < 1.29 is 4.79 Å². The fraction of sp³-hybridized carbons (Fsp3) is 0.611. The first-order chi connectivity index (χ1) is 10.8. The number of carbonyl (C=O) groups is 1. The molecule has 3 unspecified atom stereocenters. The van der Waals surface area contributed by atoms with Gasteiger partial charge in [-0.15, -0.1) is 0 Å². The van der Waals surface area contributed by atoms with Crippen molar-refractivity contribution in [1.29, 1.82) is 0 Å². The lowest BCUT2D eigenvalue weighted by Gasteiger charge is -2.36. The number of hydrogen-bond donors (Lipinski definition) is 2. The van der Waals surface area contributed by atoms with Gasteiger partial charge in [-0.3, -0.25) is 9.69 Å². The van der Waals surface area contributed by atoms with Crippen LogP contribution in [0.5, 0.6) is 0 Å². The van der Waals surface area contributed by atoms with E-state index in [9.17, 15) is 4.79 Å². The standard InChI is InChI=1S/C18H28BrN3O/c1-13-5-4-10-22(12-13)14(2)11-21-17(23)18(3,20)15-6-8-16(19)9-7-15/h6-9,13-14H,4-5,10-12,20H2,1-3H3,(H,21,23). The molecule has 0 radical (unpaired) electrons. The Morgan fingerprint density at radius 1 is 1.48 bits per heavy atom. The highest BCUT2D eigenvalue weighted by Gasteiger charge is 2.31. The van der Waals surface area contributed by atoms with Crippen molar-refractivity contribution >= 4 is 21.8 Å². The van der Waals surface area contributed by atoms with Crippen LogP contribution in [0.1, 0.15) is 39.2 Å². The van der Waals surface area contributed by atoms with Crippen LogP contribution in [0.2, 0.25) is 0 Å². The minimum absolute atomic E-state index is 0.128. The third kappa shape index (κ3) is 4.78. The molecular formula is C18H28BrN3O. The molecule has 2 rings (SSSR count). The predicted octanol–water partition coefficient (Wildman–Crippen LogP) is 2.86. The van der Waals surface area contributed by atoms with Crippen LogP contribution in [0.25, 0.3) is 0 Å². The molecule has 128 valence electrons. The van der Waals surface area contributed by atoms with E-state index < -0.39 is 5.54 Å². The maximum Gasteiger partial charge on any atom is 0.244 e. The lowest BCUT2D eigenvalue weighted by Crippen LogP contribution is -2.53. The zero-order valence-corrected chi connectivity index (χ0v) is 15.9. The van der Waals surface area contributed by atoms with Gasteiger partial charge in [-0.25, -0.2) is 0 Å². The summed E-state index contributed by atoms with van der Waals surface area (Å²) in [6.07, 6.45) is 2.55. The van der Waals surface area contributed by atoms with Gasteiger partial charge in [0, 0.05) is 23.6 Å². The van der Waals surface area contributed by atoms with Gasteiger partial charge in [0.2, 0.25) is 5.91 Å². The fourth-order valence-electron chi connectivity index (χ4n) is 3.11. The number of halogens is 1. The molecule has 3 N–H and O–H groups in total.